The summed E-state index contributed by atoms with van der Waals surface area (Å²) in [5.74, 6) is -1.75. The number of pyridine rings is 1. The van der Waals surface area contributed by atoms with Crippen LogP contribution in [-0.2, 0) is 16.1 Å². The third-order valence-corrected chi connectivity index (χ3v) is 3.42. The fraction of sp³-hybridized carbons (Fsp3) is 0.294. The van der Waals surface area contributed by atoms with Crippen molar-refractivity contribution in [2.45, 2.75) is 32.0 Å². The van der Waals surface area contributed by atoms with Crippen LogP contribution in [0, 0.1) is 5.82 Å². The van der Waals surface area contributed by atoms with Gasteiger partial charge in [-0.05, 0) is 41.8 Å². The maximum Gasteiger partial charge on any atom is 0.316 e. The highest BCUT2D eigenvalue weighted by Gasteiger charge is 2.29. The Kier molecular flexibility index (Phi) is 5.61. The number of carbonyl (C=O) groups is 1. The topological polar surface area (TPSA) is 59.4 Å². The molecule has 2 aromatic rings. The Morgan fingerprint density at radius 3 is 2.45 bits per heavy atom. The monoisotopic (exact) mass is 303 g/mol. The van der Waals surface area contributed by atoms with E-state index in [1.807, 2.05) is 0 Å². The number of benzene rings is 1. The highest BCUT2D eigenvalue weighted by atomic mass is 19.1. The summed E-state index contributed by atoms with van der Waals surface area (Å²) < 4.78 is 18.3. The number of hydrogen-bond acceptors (Lipinski definition) is 4. The normalized spacial score (nSPS) is 13.4. The van der Waals surface area contributed by atoms with E-state index in [0.29, 0.717) is 12.0 Å². The predicted molar refractivity (Wildman–Crippen MR) is 79.5 cm³/mol. The molecule has 1 aromatic heterocycles. The van der Waals surface area contributed by atoms with Crippen molar-refractivity contribution < 1.29 is 19.0 Å². The van der Waals surface area contributed by atoms with Crippen LogP contribution < -0.4 is 0 Å². The van der Waals surface area contributed by atoms with Crippen molar-refractivity contribution in [2.24, 2.45) is 0 Å². The molecule has 0 aliphatic carbocycles. The molecule has 0 radical (unpaired) electrons. The van der Waals surface area contributed by atoms with Crippen molar-refractivity contribution in [3.63, 3.8) is 0 Å². The second kappa shape index (κ2) is 7.66. The zero-order chi connectivity index (χ0) is 15.9. The molecule has 0 spiro atoms. The van der Waals surface area contributed by atoms with Crippen molar-refractivity contribution in [1.82, 2.24) is 4.98 Å². The van der Waals surface area contributed by atoms with Gasteiger partial charge in [0, 0.05) is 12.4 Å². The minimum Gasteiger partial charge on any atom is -0.460 e. The number of nitrogens with zero attached hydrogens (tertiary/aromatic N) is 1. The van der Waals surface area contributed by atoms with Gasteiger partial charge in [0.25, 0.3) is 0 Å². The molecule has 1 aromatic carbocycles. The van der Waals surface area contributed by atoms with E-state index in [0.717, 1.165) is 5.56 Å². The summed E-state index contributed by atoms with van der Waals surface area (Å²) in [6, 6.07) is 9.01. The summed E-state index contributed by atoms with van der Waals surface area (Å²) in [6.45, 7) is 1.88. The van der Waals surface area contributed by atoms with Crippen LogP contribution in [0.4, 0.5) is 4.39 Å². The Balaban J connectivity index is 2.11. The molecule has 5 heteroatoms. The molecule has 1 heterocycles. The molecule has 0 aliphatic rings. The number of halogens is 1. The van der Waals surface area contributed by atoms with E-state index < -0.39 is 23.8 Å². The van der Waals surface area contributed by atoms with Gasteiger partial charge in [0.2, 0.25) is 0 Å². The zero-order valence-corrected chi connectivity index (χ0v) is 12.3. The molecule has 22 heavy (non-hydrogen) atoms. The molecule has 4 nitrogen and oxygen atoms in total. The quantitative estimate of drug-likeness (QED) is 0.834. The van der Waals surface area contributed by atoms with Gasteiger partial charge < -0.3 is 9.84 Å². The van der Waals surface area contributed by atoms with Crippen LogP contribution in [0.15, 0.2) is 48.8 Å². The van der Waals surface area contributed by atoms with Crippen LogP contribution in [0.2, 0.25) is 0 Å². The van der Waals surface area contributed by atoms with Crippen LogP contribution in [0.3, 0.4) is 0 Å². The highest BCUT2D eigenvalue weighted by molar-refractivity contribution is 5.79. The molecule has 0 amide bonds. The SMILES string of the molecule is CC[C@@H](O)C(C(=O)OCc1ccncc1)c1ccc(F)cc1. The number of esters is 1. The first kappa shape index (κ1) is 16.1. The Bertz CT molecular complexity index is 601. The van der Waals surface area contributed by atoms with Gasteiger partial charge in [-0.15, -0.1) is 0 Å². The van der Waals surface area contributed by atoms with E-state index in [1.165, 1.54) is 24.3 Å². The van der Waals surface area contributed by atoms with Gasteiger partial charge in [-0.3, -0.25) is 9.78 Å². The number of carbonyl (C=O) groups excluding carboxylic acids is 1. The molecule has 0 saturated carbocycles. The minimum atomic E-state index is -0.879. The van der Waals surface area contributed by atoms with Gasteiger partial charge in [-0.2, -0.15) is 0 Å². The first-order chi connectivity index (χ1) is 10.6. The number of aromatic nitrogens is 1. The average molecular weight is 303 g/mol. The second-order valence-corrected chi connectivity index (χ2v) is 4.97. The lowest BCUT2D eigenvalue weighted by molar-refractivity contribution is -0.149. The van der Waals surface area contributed by atoms with E-state index in [4.69, 9.17) is 4.74 Å². The van der Waals surface area contributed by atoms with Crippen molar-refractivity contribution in [1.29, 1.82) is 0 Å². The van der Waals surface area contributed by atoms with Crippen LogP contribution in [-0.4, -0.2) is 22.2 Å². The van der Waals surface area contributed by atoms with Gasteiger partial charge in [0.15, 0.2) is 0 Å². The fourth-order valence-electron chi connectivity index (χ4n) is 2.14. The largest absolute Gasteiger partial charge is 0.460 e. The van der Waals surface area contributed by atoms with E-state index in [1.54, 1.807) is 31.5 Å². The van der Waals surface area contributed by atoms with E-state index in [-0.39, 0.29) is 6.61 Å². The Morgan fingerprint density at radius 2 is 1.86 bits per heavy atom. The molecule has 0 bridgehead atoms. The van der Waals surface area contributed by atoms with Crippen LogP contribution in [0.5, 0.6) is 0 Å². The zero-order valence-electron chi connectivity index (χ0n) is 12.3. The van der Waals surface area contributed by atoms with E-state index in [9.17, 15) is 14.3 Å². The molecular formula is C17H18FNO3. The molecule has 0 saturated heterocycles. The molecule has 1 unspecified atom stereocenters. The maximum absolute atomic E-state index is 13.0. The lowest BCUT2D eigenvalue weighted by Crippen LogP contribution is -2.27. The van der Waals surface area contributed by atoms with Gasteiger partial charge >= 0.3 is 5.97 Å². The molecule has 2 atom stereocenters. The summed E-state index contributed by atoms with van der Waals surface area (Å²) in [4.78, 5) is 16.2. The van der Waals surface area contributed by atoms with E-state index >= 15 is 0 Å². The minimum absolute atomic E-state index is 0.107. The lowest BCUT2D eigenvalue weighted by atomic mass is 9.92. The molecule has 0 fully saturated rings. The Morgan fingerprint density at radius 1 is 1.23 bits per heavy atom. The van der Waals surface area contributed by atoms with Gasteiger partial charge in [0.1, 0.15) is 18.3 Å². The summed E-state index contributed by atoms with van der Waals surface area (Å²) in [5, 5.41) is 10.1. The predicted octanol–water partition coefficient (Wildman–Crippen LogP) is 2.82. The number of rotatable bonds is 6. The first-order valence-electron chi connectivity index (χ1n) is 7.11. The van der Waals surface area contributed by atoms with Crippen LogP contribution in [0.1, 0.15) is 30.4 Å². The number of aliphatic hydroxyl groups excluding tert-OH is 1. The summed E-state index contributed by atoms with van der Waals surface area (Å²) in [5.41, 5.74) is 1.35. The fourth-order valence-corrected chi connectivity index (χ4v) is 2.14. The molecular weight excluding hydrogens is 285 g/mol. The van der Waals surface area contributed by atoms with E-state index in [2.05, 4.69) is 4.98 Å². The van der Waals surface area contributed by atoms with Gasteiger partial charge in [0.05, 0.1) is 6.10 Å². The van der Waals surface area contributed by atoms with Crippen molar-refractivity contribution in [3.8, 4) is 0 Å². The maximum atomic E-state index is 13.0. The van der Waals surface area contributed by atoms with Crippen LogP contribution >= 0.6 is 0 Å². The van der Waals surface area contributed by atoms with Crippen molar-refractivity contribution >= 4 is 5.97 Å². The van der Waals surface area contributed by atoms with Crippen LogP contribution in [0.25, 0.3) is 0 Å². The Hall–Kier alpha value is -2.27. The van der Waals surface area contributed by atoms with Gasteiger partial charge in [-0.1, -0.05) is 19.1 Å². The third-order valence-electron chi connectivity index (χ3n) is 3.42. The lowest BCUT2D eigenvalue weighted by Gasteiger charge is -2.21. The Labute approximate surface area is 128 Å². The summed E-state index contributed by atoms with van der Waals surface area (Å²) >= 11 is 0. The molecule has 0 aliphatic heterocycles. The number of aliphatic hydroxyl groups is 1. The molecule has 1 N–H and O–H groups in total. The van der Waals surface area contributed by atoms with Gasteiger partial charge in [-0.25, -0.2) is 4.39 Å². The van der Waals surface area contributed by atoms with Crippen molar-refractivity contribution in [2.75, 3.05) is 0 Å². The molecule has 2 rings (SSSR count). The highest BCUT2D eigenvalue weighted by Crippen LogP contribution is 2.24. The standard InChI is InChI=1S/C17H18FNO3/c1-2-15(20)16(13-3-5-14(18)6-4-13)17(21)22-11-12-7-9-19-10-8-12/h3-10,15-16,20H,2,11H2,1H3/t15-,16?/m1/s1. The van der Waals surface area contributed by atoms with Crippen molar-refractivity contribution in [3.05, 3.63) is 65.7 Å². The molecule has 116 valence electrons. The second-order valence-electron chi connectivity index (χ2n) is 4.97. The smallest absolute Gasteiger partial charge is 0.316 e. The number of ether oxygens (including phenoxy) is 1. The number of hydrogen-bond donors (Lipinski definition) is 1. The third kappa shape index (κ3) is 4.11. The summed E-state index contributed by atoms with van der Waals surface area (Å²) in [6.07, 6.45) is 2.74. The first-order valence-corrected chi connectivity index (χ1v) is 7.11. The summed E-state index contributed by atoms with van der Waals surface area (Å²) in [7, 11) is 0. The average Bonchev–Trinajstić information content (AvgIpc) is 2.55.